The van der Waals surface area contributed by atoms with Gasteiger partial charge in [-0.1, -0.05) is 26.0 Å². The summed E-state index contributed by atoms with van der Waals surface area (Å²) < 4.78 is 38.2. The summed E-state index contributed by atoms with van der Waals surface area (Å²) in [6.07, 6.45) is 0.919. The number of carbonyl (C=O) groups is 1. The van der Waals surface area contributed by atoms with Crippen LogP contribution in [0.2, 0.25) is 0 Å². The lowest BCUT2D eigenvalue weighted by atomic mass is 9.97. The van der Waals surface area contributed by atoms with E-state index >= 15 is 0 Å². The zero-order chi connectivity index (χ0) is 22.6. The first-order valence-electron chi connectivity index (χ1n) is 10.4. The molecule has 1 saturated heterocycles. The van der Waals surface area contributed by atoms with Crippen molar-refractivity contribution in [3.05, 3.63) is 48.0 Å². The largest absolute Gasteiger partial charge is 0.497 e. The second-order valence-corrected chi connectivity index (χ2v) is 9.87. The van der Waals surface area contributed by atoms with Gasteiger partial charge in [-0.25, -0.2) is 8.42 Å². The normalized spacial score (nSPS) is 15.6. The summed E-state index contributed by atoms with van der Waals surface area (Å²) >= 11 is 0. The Morgan fingerprint density at radius 2 is 1.68 bits per heavy atom. The number of hydrogen-bond acceptors (Lipinski definition) is 5. The smallest absolute Gasteiger partial charge is 0.246 e. The van der Waals surface area contributed by atoms with Crippen LogP contribution in [0.15, 0.2) is 47.4 Å². The highest BCUT2D eigenvalue weighted by atomic mass is 32.2. The first-order chi connectivity index (χ1) is 14.8. The third-order valence-electron chi connectivity index (χ3n) is 5.66. The number of nitrogens with zero attached hydrogens (tertiary/aromatic N) is 1. The Balaban J connectivity index is 1.65. The van der Waals surface area contributed by atoms with Crippen LogP contribution in [0.5, 0.6) is 11.5 Å². The topological polar surface area (TPSA) is 84.9 Å². The number of methoxy groups -OCH3 is 2. The zero-order valence-electron chi connectivity index (χ0n) is 18.4. The van der Waals surface area contributed by atoms with Crippen LogP contribution in [0.4, 0.5) is 5.69 Å². The summed E-state index contributed by atoms with van der Waals surface area (Å²) in [4.78, 5) is 12.8. The summed E-state index contributed by atoms with van der Waals surface area (Å²) in [5.74, 6) is 0.832. The molecule has 0 aliphatic carbocycles. The van der Waals surface area contributed by atoms with Crippen LogP contribution < -0.4 is 14.8 Å². The van der Waals surface area contributed by atoms with E-state index in [0.29, 0.717) is 24.5 Å². The molecule has 0 atom stereocenters. The van der Waals surface area contributed by atoms with E-state index in [-0.39, 0.29) is 35.6 Å². The van der Waals surface area contributed by atoms with Crippen molar-refractivity contribution in [1.82, 2.24) is 4.31 Å². The predicted octanol–water partition coefficient (Wildman–Crippen LogP) is 3.87. The van der Waals surface area contributed by atoms with E-state index in [2.05, 4.69) is 19.2 Å². The molecule has 1 aliphatic rings. The average Bonchev–Trinajstić information content (AvgIpc) is 2.79. The second kappa shape index (κ2) is 9.70. The molecule has 0 saturated carbocycles. The summed E-state index contributed by atoms with van der Waals surface area (Å²) in [5, 5.41) is 2.95. The second-order valence-electron chi connectivity index (χ2n) is 7.96. The summed E-state index contributed by atoms with van der Waals surface area (Å²) in [6, 6.07) is 12.5. The lowest BCUT2D eigenvalue weighted by molar-refractivity contribution is -0.120. The van der Waals surface area contributed by atoms with Crippen molar-refractivity contribution in [1.29, 1.82) is 0 Å². The molecule has 8 heteroatoms. The molecule has 7 nitrogen and oxygen atoms in total. The molecular formula is C23H30N2O5S. The first-order valence-corrected chi connectivity index (χ1v) is 11.8. The van der Waals surface area contributed by atoms with Crippen LogP contribution in [0, 0.1) is 5.92 Å². The first kappa shape index (κ1) is 23.1. The molecule has 0 spiro atoms. The van der Waals surface area contributed by atoms with E-state index in [9.17, 15) is 13.2 Å². The average molecular weight is 447 g/mol. The fraction of sp³-hybridized carbons (Fsp3) is 0.435. The van der Waals surface area contributed by atoms with Crippen molar-refractivity contribution in [2.24, 2.45) is 5.92 Å². The summed E-state index contributed by atoms with van der Waals surface area (Å²) in [7, 11) is -0.841. The van der Waals surface area contributed by atoms with Gasteiger partial charge >= 0.3 is 0 Å². The van der Waals surface area contributed by atoms with Crippen LogP contribution in [-0.2, 0) is 14.8 Å². The maximum atomic E-state index is 13.2. The number of ether oxygens (including phenoxy) is 2. The molecule has 0 bridgehead atoms. The highest BCUT2D eigenvalue weighted by Gasteiger charge is 2.34. The number of amides is 1. The molecule has 1 heterocycles. The van der Waals surface area contributed by atoms with Gasteiger partial charge in [-0.05, 0) is 48.6 Å². The fourth-order valence-electron chi connectivity index (χ4n) is 3.68. The SMILES string of the molecule is COc1ccc(OC)c(S(=O)(=O)N2CCC(C(=O)Nc3ccc(C(C)C)cc3)CC2)c1. The third-order valence-corrected chi connectivity index (χ3v) is 7.58. The number of anilines is 1. The molecule has 1 fully saturated rings. The Hall–Kier alpha value is -2.58. The van der Waals surface area contributed by atoms with E-state index in [1.165, 1.54) is 30.2 Å². The molecular weight excluding hydrogens is 416 g/mol. The van der Waals surface area contributed by atoms with E-state index in [4.69, 9.17) is 9.47 Å². The van der Waals surface area contributed by atoms with Gasteiger partial charge in [-0.3, -0.25) is 4.79 Å². The van der Waals surface area contributed by atoms with Crippen molar-refractivity contribution in [2.75, 3.05) is 32.6 Å². The molecule has 31 heavy (non-hydrogen) atoms. The maximum absolute atomic E-state index is 13.2. The number of sulfonamides is 1. The Kier molecular flexibility index (Phi) is 7.23. The Labute approximate surface area is 184 Å². The quantitative estimate of drug-likeness (QED) is 0.698. The standard InChI is InChI=1S/C23H30N2O5S/c1-16(2)17-5-7-19(8-6-17)24-23(26)18-11-13-25(14-12-18)31(27,28)22-15-20(29-3)9-10-21(22)30-4/h5-10,15-16,18H,11-14H2,1-4H3,(H,24,26). The molecule has 2 aromatic rings. The van der Waals surface area contributed by atoms with Crippen LogP contribution in [-0.4, -0.2) is 45.9 Å². The number of carbonyl (C=O) groups excluding carboxylic acids is 1. The molecule has 2 aromatic carbocycles. The number of rotatable bonds is 7. The minimum absolute atomic E-state index is 0.0718. The van der Waals surface area contributed by atoms with E-state index in [1.807, 2.05) is 24.3 Å². The third kappa shape index (κ3) is 5.19. The molecule has 0 radical (unpaired) electrons. The lowest BCUT2D eigenvalue weighted by Crippen LogP contribution is -2.41. The fourth-order valence-corrected chi connectivity index (χ4v) is 5.32. The molecule has 3 rings (SSSR count). The molecule has 168 valence electrons. The molecule has 1 N–H and O–H groups in total. The van der Waals surface area contributed by atoms with Crippen molar-refractivity contribution in [2.45, 2.75) is 37.5 Å². The van der Waals surface area contributed by atoms with Gasteiger partial charge in [0.1, 0.15) is 16.4 Å². The highest BCUT2D eigenvalue weighted by Crippen LogP contribution is 2.32. The van der Waals surface area contributed by atoms with Crippen LogP contribution in [0.25, 0.3) is 0 Å². The maximum Gasteiger partial charge on any atom is 0.246 e. The van der Waals surface area contributed by atoms with Crippen LogP contribution >= 0.6 is 0 Å². The predicted molar refractivity (Wildman–Crippen MR) is 120 cm³/mol. The Morgan fingerprint density at radius 3 is 2.23 bits per heavy atom. The molecule has 0 unspecified atom stereocenters. The summed E-state index contributed by atoms with van der Waals surface area (Å²) in [5.41, 5.74) is 1.97. The highest BCUT2D eigenvalue weighted by molar-refractivity contribution is 7.89. The number of piperidine rings is 1. The summed E-state index contributed by atoms with van der Waals surface area (Å²) in [6.45, 7) is 4.78. The molecule has 1 aliphatic heterocycles. The van der Waals surface area contributed by atoms with Crippen molar-refractivity contribution >= 4 is 21.6 Å². The minimum Gasteiger partial charge on any atom is -0.497 e. The number of nitrogens with one attached hydrogen (secondary N) is 1. The van der Waals surface area contributed by atoms with Gasteiger partial charge in [0.25, 0.3) is 0 Å². The number of hydrogen-bond donors (Lipinski definition) is 1. The Morgan fingerprint density at radius 1 is 1.03 bits per heavy atom. The van der Waals surface area contributed by atoms with Gasteiger partial charge in [0.2, 0.25) is 15.9 Å². The van der Waals surface area contributed by atoms with Gasteiger partial charge in [0, 0.05) is 30.8 Å². The van der Waals surface area contributed by atoms with Crippen LogP contribution in [0.3, 0.4) is 0 Å². The van der Waals surface area contributed by atoms with Crippen molar-refractivity contribution < 1.29 is 22.7 Å². The van der Waals surface area contributed by atoms with E-state index in [0.717, 1.165) is 5.69 Å². The monoisotopic (exact) mass is 446 g/mol. The molecule has 1 amide bonds. The number of benzene rings is 2. The Bertz CT molecular complexity index is 1010. The van der Waals surface area contributed by atoms with Crippen molar-refractivity contribution in [3.8, 4) is 11.5 Å². The van der Waals surface area contributed by atoms with Gasteiger partial charge in [0.05, 0.1) is 14.2 Å². The zero-order valence-corrected chi connectivity index (χ0v) is 19.2. The lowest BCUT2D eigenvalue weighted by Gasteiger charge is -2.31. The van der Waals surface area contributed by atoms with Gasteiger partial charge in [0.15, 0.2) is 0 Å². The van der Waals surface area contributed by atoms with Gasteiger partial charge in [-0.15, -0.1) is 0 Å². The van der Waals surface area contributed by atoms with Crippen LogP contribution in [0.1, 0.15) is 38.2 Å². The van der Waals surface area contributed by atoms with Crippen molar-refractivity contribution in [3.63, 3.8) is 0 Å². The van der Waals surface area contributed by atoms with Gasteiger partial charge in [-0.2, -0.15) is 4.31 Å². The molecule has 0 aromatic heterocycles. The van der Waals surface area contributed by atoms with E-state index < -0.39 is 10.0 Å². The van der Waals surface area contributed by atoms with Gasteiger partial charge < -0.3 is 14.8 Å². The minimum atomic E-state index is -3.76. The van der Waals surface area contributed by atoms with E-state index in [1.54, 1.807) is 12.1 Å².